The van der Waals surface area contributed by atoms with Crippen molar-refractivity contribution in [1.82, 2.24) is 10.6 Å². The average molecular weight is 466 g/mol. The van der Waals surface area contributed by atoms with Gasteiger partial charge in [-0.2, -0.15) is 0 Å². The molecule has 0 saturated heterocycles. The van der Waals surface area contributed by atoms with Crippen LogP contribution in [-0.4, -0.2) is 25.9 Å². The van der Waals surface area contributed by atoms with Crippen molar-refractivity contribution in [2.24, 2.45) is 0 Å². The number of carbonyl (C=O) groups is 1. The second-order valence-electron chi connectivity index (χ2n) is 5.33. The summed E-state index contributed by atoms with van der Waals surface area (Å²) >= 11 is 22.8. The molecule has 0 aliphatic carbocycles. The second kappa shape index (κ2) is 9.33. The van der Waals surface area contributed by atoms with Crippen molar-refractivity contribution in [3.05, 3.63) is 70.0 Å². The number of carbonyl (C=O) groups excluding carboxylic acids is 1. The SMILES string of the molecule is O=C(N[C@H](NC(=S)Nc1ccc(F)cc1)C(Cl)(Cl)Cl)c1ccccc1[N+](=O)[O-]. The lowest BCUT2D eigenvalue weighted by atomic mass is 10.1. The van der Waals surface area contributed by atoms with Gasteiger partial charge in [-0.3, -0.25) is 14.9 Å². The average Bonchev–Trinajstić information content (AvgIpc) is 2.62. The van der Waals surface area contributed by atoms with E-state index in [-0.39, 0.29) is 10.7 Å². The summed E-state index contributed by atoms with van der Waals surface area (Å²) in [6, 6.07) is 10.6. The molecule has 2 aromatic rings. The Hall–Kier alpha value is -2.20. The summed E-state index contributed by atoms with van der Waals surface area (Å²) in [6.07, 6.45) is -1.33. The highest BCUT2D eigenvalue weighted by Crippen LogP contribution is 2.30. The smallest absolute Gasteiger partial charge is 0.282 e. The maximum atomic E-state index is 13.0. The Morgan fingerprint density at radius 1 is 1.11 bits per heavy atom. The number of halogens is 4. The third-order valence-corrected chi connectivity index (χ3v) is 4.20. The van der Waals surface area contributed by atoms with Gasteiger partial charge in [0, 0.05) is 11.8 Å². The first kappa shape index (κ1) is 22.1. The molecule has 0 spiro atoms. The fraction of sp³-hybridized carbons (Fsp3) is 0.125. The molecule has 3 N–H and O–H groups in total. The van der Waals surface area contributed by atoms with E-state index < -0.39 is 32.3 Å². The summed E-state index contributed by atoms with van der Waals surface area (Å²) < 4.78 is 10.9. The van der Waals surface area contributed by atoms with Gasteiger partial charge in [-0.15, -0.1) is 0 Å². The summed E-state index contributed by atoms with van der Waals surface area (Å²) in [5.74, 6) is -1.28. The van der Waals surface area contributed by atoms with Crippen molar-refractivity contribution < 1.29 is 14.1 Å². The largest absolute Gasteiger partial charge is 0.339 e. The van der Waals surface area contributed by atoms with Crippen LogP contribution in [0.4, 0.5) is 15.8 Å². The molecular formula is C16H12Cl3FN4O3S. The Kier molecular flexibility index (Phi) is 7.36. The number of hydrogen-bond acceptors (Lipinski definition) is 4. The number of anilines is 1. The third kappa shape index (κ3) is 6.16. The van der Waals surface area contributed by atoms with Crippen molar-refractivity contribution in [3.63, 3.8) is 0 Å². The lowest BCUT2D eigenvalue weighted by Crippen LogP contribution is -2.56. The van der Waals surface area contributed by atoms with Crippen LogP contribution in [0.25, 0.3) is 0 Å². The van der Waals surface area contributed by atoms with Crippen LogP contribution in [0.1, 0.15) is 10.4 Å². The van der Waals surface area contributed by atoms with Crippen LogP contribution < -0.4 is 16.0 Å². The number of thiocarbonyl (C=S) groups is 1. The van der Waals surface area contributed by atoms with E-state index in [0.717, 1.165) is 0 Å². The van der Waals surface area contributed by atoms with Crippen LogP contribution in [-0.2, 0) is 0 Å². The van der Waals surface area contributed by atoms with Gasteiger partial charge in [-0.25, -0.2) is 4.39 Å². The number of nitrogens with one attached hydrogen (secondary N) is 3. The summed E-state index contributed by atoms with van der Waals surface area (Å²) in [6.45, 7) is 0. The number of nitro groups is 1. The first-order valence-corrected chi connectivity index (χ1v) is 9.06. The quantitative estimate of drug-likeness (QED) is 0.202. The number of amides is 1. The van der Waals surface area contributed by atoms with E-state index in [1.165, 1.54) is 48.5 Å². The van der Waals surface area contributed by atoms with Crippen molar-refractivity contribution in [2.45, 2.75) is 9.96 Å². The minimum Gasteiger partial charge on any atom is -0.339 e. The zero-order valence-electron chi connectivity index (χ0n) is 13.8. The van der Waals surface area contributed by atoms with Crippen LogP contribution in [0.2, 0.25) is 0 Å². The summed E-state index contributed by atoms with van der Waals surface area (Å²) in [5.41, 5.74) is -0.173. The highest BCUT2D eigenvalue weighted by atomic mass is 35.6. The molecule has 0 aromatic heterocycles. The van der Waals surface area contributed by atoms with Gasteiger partial charge in [0.2, 0.25) is 3.79 Å². The molecule has 0 bridgehead atoms. The fourth-order valence-electron chi connectivity index (χ4n) is 2.06. The van der Waals surface area contributed by atoms with Gasteiger partial charge in [0.05, 0.1) is 4.92 Å². The molecule has 0 aliphatic heterocycles. The molecule has 0 aliphatic rings. The number of alkyl halides is 3. The lowest BCUT2D eigenvalue weighted by molar-refractivity contribution is -0.385. The topological polar surface area (TPSA) is 96.3 Å². The van der Waals surface area contributed by atoms with E-state index in [0.29, 0.717) is 5.69 Å². The summed E-state index contributed by atoms with van der Waals surface area (Å²) in [5, 5.41) is 18.7. The minimum atomic E-state index is -2.05. The Balaban J connectivity index is 2.14. The van der Waals surface area contributed by atoms with Crippen LogP contribution in [0.3, 0.4) is 0 Å². The highest BCUT2D eigenvalue weighted by Gasteiger charge is 2.36. The fourth-order valence-corrected chi connectivity index (χ4v) is 2.63. The van der Waals surface area contributed by atoms with E-state index in [1.54, 1.807) is 0 Å². The molecule has 0 radical (unpaired) electrons. The Labute approximate surface area is 179 Å². The third-order valence-electron chi connectivity index (χ3n) is 3.33. The van der Waals surface area contributed by atoms with Crippen LogP contribution in [0, 0.1) is 15.9 Å². The lowest BCUT2D eigenvalue weighted by Gasteiger charge is -2.27. The molecule has 1 amide bonds. The molecule has 7 nitrogen and oxygen atoms in total. The second-order valence-corrected chi connectivity index (χ2v) is 8.10. The van der Waals surface area contributed by atoms with Gasteiger partial charge in [-0.1, -0.05) is 46.9 Å². The van der Waals surface area contributed by atoms with Crippen LogP contribution in [0.5, 0.6) is 0 Å². The maximum absolute atomic E-state index is 13.0. The maximum Gasteiger partial charge on any atom is 0.282 e. The number of rotatable bonds is 5. The molecule has 0 unspecified atom stereocenters. The molecule has 1 atom stereocenters. The number of nitro benzene ring substituents is 1. The van der Waals surface area contributed by atoms with Gasteiger partial charge in [-0.05, 0) is 42.5 Å². The Bertz CT molecular complexity index is 893. The predicted octanol–water partition coefficient (Wildman–Crippen LogP) is 4.15. The summed E-state index contributed by atoms with van der Waals surface area (Å²) in [7, 11) is 0. The van der Waals surface area contributed by atoms with Crippen LogP contribution >= 0.6 is 47.0 Å². The molecule has 2 aromatic carbocycles. The van der Waals surface area contributed by atoms with Gasteiger partial charge in [0.1, 0.15) is 17.5 Å². The van der Waals surface area contributed by atoms with Gasteiger partial charge in [0.15, 0.2) is 5.11 Å². The van der Waals surface area contributed by atoms with Crippen LogP contribution in [0.15, 0.2) is 48.5 Å². The van der Waals surface area contributed by atoms with E-state index in [1.807, 2.05) is 0 Å². The minimum absolute atomic E-state index is 0.0363. The first-order valence-electron chi connectivity index (χ1n) is 7.52. The molecule has 148 valence electrons. The van der Waals surface area contributed by atoms with E-state index in [4.69, 9.17) is 47.0 Å². The monoisotopic (exact) mass is 464 g/mol. The molecular weight excluding hydrogens is 454 g/mol. The standard InChI is InChI=1S/C16H12Cl3FN4O3S/c17-16(18,19)14(23-15(28)21-10-7-5-9(20)6-8-10)22-13(25)11-3-1-2-4-12(11)24(26)27/h1-8,14H,(H,22,25)(H2,21,23,28)/t14-/m1/s1. The number of benzene rings is 2. The number of para-hydroxylation sites is 1. The van der Waals surface area contributed by atoms with E-state index in [9.17, 15) is 19.3 Å². The zero-order valence-corrected chi connectivity index (χ0v) is 16.9. The number of hydrogen-bond donors (Lipinski definition) is 3. The predicted molar refractivity (Wildman–Crippen MR) is 110 cm³/mol. The van der Waals surface area contributed by atoms with E-state index in [2.05, 4.69) is 16.0 Å². The molecule has 2 rings (SSSR count). The molecule has 0 saturated carbocycles. The Morgan fingerprint density at radius 3 is 2.29 bits per heavy atom. The molecule has 0 fully saturated rings. The van der Waals surface area contributed by atoms with Crippen molar-refractivity contribution in [1.29, 1.82) is 0 Å². The molecule has 12 heteroatoms. The zero-order chi connectivity index (χ0) is 20.9. The highest BCUT2D eigenvalue weighted by molar-refractivity contribution is 7.80. The number of nitrogens with zero attached hydrogens (tertiary/aromatic N) is 1. The van der Waals surface area contributed by atoms with E-state index >= 15 is 0 Å². The normalized spacial score (nSPS) is 12.0. The first-order chi connectivity index (χ1) is 13.1. The Morgan fingerprint density at radius 2 is 1.71 bits per heavy atom. The molecule has 0 heterocycles. The molecule has 28 heavy (non-hydrogen) atoms. The van der Waals surface area contributed by atoms with Gasteiger partial charge in [0.25, 0.3) is 11.6 Å². The van der Waals surface area contributed by atoms with Crippen molar-refractivity contribution in [2.75, 3.05) is 5.32 Å². The van der Waals surface area contributed by atoms with Gasteiger partial charge >= 0.3 is 0 Å². The van der Waals surface area contributed by atoms with Crippen molar-refractivity contribution in [3.8, 4) is 0 Å². The summed E-state index contributed by atoms with van der Waals surface area (Å²) in [4.78, 5) is 22.9. The van der Waals surface area contributed by atoms with Gasteiger partial charge < -0.3 is 16.0 Å². The van der Waals surface area contributed by atoms with Crippen molar-refractivity contribution >= 4 is 69.4 Å².